The first-order valence-corrected chi connectivity index (χ1v) is 10.9. The molecule has 0 radical (unpaired) electrons. The fourth-order valence-electron chi connectivity index (χ4n) is 4.06. The van der Waals surface area contributed by atoms with Gasteiger partial charge in [-0.3, -0.25) is 4.79 Å². The minimum absolute atomic E-state index is 0.0657. The zero-order valence-corrected chi connectivity index (χ0v) is 18.5. The Balaban J connectivity index is 1.52. The Morgan fingerprint density at radius 1 is 1.27 bits per heavy atom. The molecule has 1 aromatic heterocycles. The minimum atomic E-state index is -0.778. The predicted molar refractivity (Wildman–Crippen MR) is 116 cm³/mol. The number of carboxylic acid groups (broad SMARTS) is 1. The van der Waals surface area contributed by atoms with Gasteiger partial charge in [-0.2, -0.15) is 0 Å². The summed E-state index contributed by atoms with van der Waals surface area (Å²) in [5, 5.41) is 12.6. The fraction of sp³-hybridized carbons (Fsp3) is 0.583. The Morgan fingerprint density at radius 3 is 2.67 bits per heavy atom. The molecule has 30 heavy (non-hydrogen) atoms. The van der Waals surface area contributed by atoms with Gasteiger partial charge >= 0.3 is 5.97 Å². The largest absolute Gasteiger partial charge is 0.480 e. The summed E-state index contributed by atoms with van der Waals surface area (Å²) in [6, 6.07) is 7.64. The smallest absolute Gasteiger partial charge is 0.320 e. The Morgan fingerprint density at radius 2 is 2.00 bits per heavy atom. The summed E-state index contributed by atoms with van der Waals surface area (Å²) in [7, 11) is 0. The molecule has 1 aliphatic rings. The van der Waals surface area contributed by atoms with Crippen molar-refractivity contribution in [1.29, 1.82) is 0 Å². The number of oxazole rings is 1. The molecule has 0 bridgehead atoms. The lowest BCUT2D eigenvalue weighted by Gasteiger charge is -2.30. The van der Waals surface area contributed by atoms with E-state index in [0.29, 0.717) is 18.4 Å². The second-order valence-corrected chi connectivity index (χ2v) is 8.82. The molecule has 1 saturated carbocycles. The molecule has 1 fully saturated rings. The minimum Gasteiger partial charge on any atom is -0.480 e. The Kier molecular flexibility index (Phi) is 7.67. The van der Waals surface area contributed by atoms with Crippen LogP contribution in [-0.2, 0) is 16.1 Å². The van der Waals surface area contributed by atoms with Crippen LogP contribution in [0.15, 0.2) is 28.7 Å². The maximum atomic E-state index is 11.4. The zero-order valence-electron chi connectivity index (χ0n) is 18.5. The molecule has 1 heterocycles. The number of aryl methyl sites for hydroxylation is 2. The molecule has 3 atom stereocenters. The van der Waals surface area contributed by atoms with Crippen LogP contribution in [0.3, 0.4) is 0 Å². The van der Waals surface area contributed by atoms with Gasteiger partial charge in [0.25, 0.3) is 0 Å². The van der Waals surface area contributed by atoms with Gasteiger partial charge < -0.3 is 19.6 Å². The molecule has 0 amide bonds. The zero-order chi connectivity index (χ0) is 21.7. The van der Waals surface area contributed by atoms with Crippen LogP contribution in [0.25, 0.3) is 11.5 Å². The SMILES string of the molecule is Cc1ccc(-c2nc(COC3CCCC(CNC(C(=O)O)C(C)C)C3)c(C)o2)cc1. The molecular weight excluding hydrogens is 380 g/mol. The number of nitrogens with zero attached hydrogens (tertiary/aromatic N) is 1. The van der Waals surface area contributed by atoms with E-state index in [-0.39, 0.29) is 12.0 Å². The van der Waals surface area contributed by atoms with E-state index in [4.69, 9.17) is 9.15 Å². The lowest BCUT2D eigenvalue weighted by atomic mass is 9.86. The van der Waals surface area contributed by atoms with Crippen LogP contribution < -0.4 is 5.32 Å². The number of nitrogens with one attached hydrogen (secondary N) is 1. The first kappa shape index (κ1) is 22.5. The number of ether oxygens (including phenoxy) is 1. The third-order valence-electron chi connectivity index (χ3n) is 5.94. The van der Waals surface area contributed by atoms with Crippen molar-refractivity contribution in [2.75, 3.05) is 6.54 Å². The first-order chi connectivity index (χ1) is 14.3. The lowest BCUT2D eigenvalue weighted by molar-refractivity contribution is -0.140. The average molecular weight is 415 g/mol. The number of aromatic nitrogens is 1. The summed E-state index contributed by atoms with van der Waals surface area (Å²) in [5.41, 5.74) is 3.02. The van der Waals surface area contributed by atoms with E-state index in [9.17, 15) is 9.90 Å². The number of carboxylic acids is 1. The second-order valence-electron chi connectivity index (χ2n) is 8.82. The highest BCUT2D eigenvalue weighted by Crippen LogP contribution is 2.28. The number of carbonyl (C=O) groups is 1. The van der Waals surface area contributed by atoms with Crippen molar-refractivity contribution in [3.8, 4) is 11.5 Å². The van der Waals surface area contributed by atoms with Crippen molar-refractivity contribution in [3.63, 3.8) is 0 Å². The highest BCUT2D eigenvalue weighted by molar-refractivity contribution is 5.73. The first-order valence-electron chi connectivity index (χ1n) is 10.9. The van der Waals surface area contributed by atoms with E-state index in [1.807, 2.05) is 32.9 Å². The van der Waals surface area contributed by atoms with Gasteiger partial charge in [0, 0.05) is 5.56 Å². The van der Waals surface area contributed by atoms with E-state index in [2.05, 4.69) is 29.4 Å². The number of hydrogen-bond acceptors (Lipinski definition) is 5. The van der Waals surface area contributed by atoms with Crippen LogP contribution in [0, 0.1) is 25.7 Å². The summed E-state index contributed by atoms with van der Waals surface area (Å²) < 4.78 is 12.0. The molecule has 2 aromatic rings. The monoisotopic (exact) mass is 414 g/mol. The molecule has 0 aliphatic heterocycles. The van der Waals surface area contributed by atoms with Gasteiger partial charge in [-0.05, 0) is 63.6 Å². The summed E-state index contributed by atoms with van der Waals surface area (Å²) >= 11 is 0. The summed E-state index contributed by atoms with van der Waals surface area (Å²) in [4.78, 5) is 16.0. The number of hydrogen-bond donors (Lipinski definition) is 2. The van der Waals surface area contributed by atoms with Crippen molar-refractivity contribution >= 4 is 5.97 Å². The van der Waals surface area contributed by atoms with Crippen LogP contribution >= 0.6 is 0 Å². The Labute approximate surface area is 179 Å². The van der Waals surface area contributed by atoms with Crippen molar-refractivity contribution < 1.29 is 19.1 Å². The topological polar surface area (TPSA) is 84.6 Å². The molecule has 1 aliphatic carbocycles. The third-order valence-corrected chi connectivity index (χ3v) is 5.94. The van der Waals surface area contributed by atoms with Crippen LogP contribution in [-0.4, -0.2) is 34.8 Å². The molecular formula is C24H34N2O4. The van der Waals surface area contributed by atoms with Gasteiger partial charge in [0.2, 0.25) is 5.89 Å². The second kappa shape index (κ2) is 10.2. The summed E-state index contributed by atoms with van der Waals surface area (Å²) in [6.45, 7) is 9.01. The van der Waals surface area contributed by atoms with E-state index in [1.165, 1.54) is 5.56 Å². The predicted octanol–water partition coefficient (Wildman–Crippen LogP) is 4.73. The maximum absolute atomic E-state index is 11.4. The molecule has 164 valence electrons. The van der Waals surface area contributed by atoms with Crippen molar-refractivity contribution in [2.45, 2.75) is 72.1 Å². The van der Waals surface area contributed by atoms with Crippen molar-refractivity contribution in [2.24, 2.45) is 11.8 Å². The highest BCUT2D eigenvalue weighted by Gasteiger charge is 2.26. The molecule has 6 nitrogen and oxygen atoms in total. The molecule has 3 rings (SSSR count). The molecule has 6 heteroatoms. The van der Waals surface area contributed by atoms with Crippen LogP contribution in [0.4, 0.5) is 0 Å². The normalized spacial score (nSPS) is 20.4. The van der Waals surface area contributed by atoms with Gasteiger partial charge in [-0.1, -0.05) is 38.0 Å². The van der Waals surface area contributed by atoms with E-state index in [0.717, 1.165) is 49.2 Å². The molecule has 0 spiro atoms. The molecule has 2 N–H and O–H groups in total. The van der Waals surface area contributed by atoms with Gasteiger partial charge in [0.1, 0.15) is 17.5 Å². The number of benzene rings is 1. The quantitative estimate of drug-likeness (QED) is 0.617. The van der Waals surface area contributed by atoms with Crippen molar-refractivity contribution in [1.82, 2.24) is 10.3 Å². The van der Waals surface area contributed by atoms with E-state index >= 15 is 0 Å². The third kappa shape index (κ3) is 5.92. The number of aliphatic carboxylic acids is 1. The van der Waals surface area contributed by atoms with E-state index < -0.39 is 12.0 Å². The standard InChI is InChI=1S/C24H34N2O4/c1-15(2)22(24(27)28)25-13-18-6-5-7-20(12-18)29-14-21-17(4)30-23(26-21)19-10-8-16(3)9-11-19/h8-11,15,18,20,22,25H,5-7,12-14H2,1-4H3,(H,27,28). The van der Waals surface area contributed by atoms with Crippen molar-refractivity contribution in [3.05, 3.63) is 41.3 Å². The van der Waals surface area contributed by atoms with Gasteiger partial charge in [0.05, 0.1) is 12.7 Å². The van der Waals surface area contributed by atoms with E-state index in [1.54, 1.807) is 0 Å². The number of rotatable bonds is 9. The maximum Gasteiger partial charge on any atom is 0.320 e. The molecule has 0 saturated heterocycles. The van der Waals surface area contributed by atoms with Gasteiger partial charge in [0.15, 0.2) is 0 Å². The Bertz CT molecular complexity index is 828. The van der Waals surface area contributed by atoms with Crippen LogP contribution in [0.2, 0.25) is 0 Å². The Hall–Kier alpha value is -2.18. The summed E-state index contributed by atoms with van der Waals surface area (Å²) in [5.74, 6) is 1.15. The lowest BCUT2D eigenvalue weighted by Crippen LogP contribution is -2.44. The highest BCUT2D eigenvalue weighted by atomic mass is 16.5. The summed E-state index contributed by atoms with van der Waals surface area (Å²) in [6.07, 6.45) is 4.36. The molecule has 1 aromatic carbocycles. The van der Waals surface area contributed by atoms with Crippen LogP contribution in [0.5, 0.6) is 0 Å². The fourth-order valence-corrected chi connectivity index (χ4v) is 4.06. The van der Waals surface area contributed by atoms with Gasteiger partial charge in [-0.15, -0.1) is 0 Å². The average Bonchev–Trinajstić information content (AvgIpc) is 3.07. The van der Waals surface area contributed by atoms with Crippen LogP contribution in [0.1, 0.15) is 56.5 Å². The van der Waals surface area contributed by atoms with Gasteiger partial charge in [-0.25, -0.2) is 4.98 Å². The molecule has 3 unspecified atom stereocenters.